The lowest BCUT2D eigenvalue weighted by atomic mass is 10.1. The zero-order valence-corrected chi connectivity index (χ0v) is 20.8. The fourth-order valence-electron chi connectivity index (χ4n) is 4.06. The molecule has 0 unspecified atom stereocenters. The van der Waals surface area contributed by atoms with E-state index in [1.165, 1.54) is 36.3 Å². The molecule has 0 aromatic heterocycles. The average molecular weight is 520 g/mol. The second kappa shape index (κ2) is 11.5. The van der Waals surface area contributed by atoms with Crippen molar-refractivity contribution < 1.29 is 33.0 Å². The molecule has 196 valence electrons. The number of hydrogen-bond acceptors (Lipinski definition) is 6. The van der Waals surface area contributed by atoms with Crippen LogP contribution < -0.4 is 15.0 Å². The van der Waals surface area contributed by atoms with E-state index in [-0.39, 0.29) is 25.3 Å². The summed E-state index contributed by atoms with van der Waals surface area (Å²) in [5, 5.41) is 2.70. The molecule has 9 nitrogen and oxygen atoms in total. The molecule has 1 saturated heterocycles. The third-order valence-electron chi connectivity index (χ3n) is 5.97. The molecule has 1 aliphatic rings. The Labute approximate surface area is 218 Å². The van der Waals surface area contributed by atoms with Crippen molar-refractivity contribution in [2.45, 2.75) is 25.9 Å². The van der Waals surface area contributed by atoms with Crippen LogP contribution in [0.15, 0.2) is 72.8 Å². The Bertz CT molecular complexity index is 1330. The first kappa shape index (κ1) is 26.3. The van der Waals surface area contributed by atoms with Gasteiger partial charge in [0.05, 0.1) is 31.4 Å². The summed E-state index contributed by atoms with van der Waals surface area (Å²) in [5.74, 6) is -1.44. The second-order valence-electron chi connectivity index (χ2n) is 8.47. The van der Waals surface area contributed by atoms with Crippen LogP contribution in [0.25, 0.3) is 0 Å². The fourth-order valence-corrected chi connectivity index (χ4v) is 4.06. The first-order valence-electron chi connectivity index (χ1n) is 11.9. The van der Waals surface area contributed by atoms with Crippen LogP contribution in [-0.2, 0) is 20.9 Å². The molecule has 3 aromatic carbocycles. The Morgan fingerprint density at radius 3 is 2.21 bits per heavy atom. The van der Waals surface area contributed by atoms with Crippen molar-refractivity contribution >= 4 is 35.2 Å². The minimum atomic E-state index is -1.09. The molecule has 38 heavy (non-hydrogen) atoms. The smallest absolute Gasteiger partial charge is 0.338 e. The van der Waals surface area contributed by atoms with E-state index in [1.807, 2.05) is 0 Å². The van der Waals surface area contributed by atoms with Gasteiger partial charge in [0.15, 0.2) is 0 Å². The van der Waals surface area contributed by atoms with E-state index in [1.54, 1.807) is 43.3 Å². The summed E-state index contributed by atoms with van der Waals surface area (Å²) in [5.41, 5.74) is 1.69. The van der Waals surface area contributed by atoms with Crippen molar-refractivity contribution in [2.24, 2.45) is 0 Å². The molecule has 1 fully saturated rings. The average Bonchev–Trinajstić information content (AvgIpc) is 3.14. The summed E-state index contributed by atoms with van der Waals surface area (Å²) in [4.78, 5) is 53.8. The van der Waals surface area contributed by atoms with Gasteiger partial charge in [-0.25, -0.2) is 18.9 Å². The first-order valence-corrected chi connectivity index (χ1v) is 11.9. The van der Waals surface area contributed by atoms with E-state index >= 15 is 0 Å². The highest BCUT2D eigenvalue weighted by Gasteiger charge is 2.46. The van der Waals surface area contributed by atoms with Crippen LogP contribution in [-0.4, -0.2) is 48.5 Å². The summed E-state index contributed by atoms with van der Waals surface area (Å²) in [6.45, 7) is 2.02. The standard InChI is InChI=1S/C28H26FN3O6/c1-3-38-27(35)19-6-10-21(11-7-19)30-25(33)16-24-26(34)32(22-12-8-20(29)9-13-22)28(36)31(24)17-18-4-14-23(37-2)15-5-18/h4-15,24H,3,16-17H2,1-2H3,(H,30,33)/t24-/m0/s1. The van der Waals surface area contributed by atoms with Crippen molar-refractivity contribution in [3.05, 3.63) is 89.7 Å². The third-order valence-corrected chi connectivity index (χ3v) is 5.97. The number of methoxy groups -OCH3 is 1. The molecule has 4 rings (SSSR count). The molecular weight excluding hydrogens is 493 g/mol. The van der Waals surface area contributed by atoms with Gasteiger partial charge in [-0.3, -0.25) is 9.59 Å². The maximum Gasteiger partial charge on any atom is 0.338 e. The van der Waals surface area contributed by atoms with Crippen LogP contribution in [0.1, 0.15) is 29.3 Å². The van der Waals surface area contributed by atoms with Gasteiger partial charge in [0.2, 0.25) is 5.91 Å². The van der Waals surface area contributed by atoms with Crippen LogP contribution in [0, 0.1) is 5.82 Å². The normalized spacial score (nSPS) is 15.0. The molecule has 3 aromatic rings. The second-order valence-corrected chi connectivity index (χ2v) is 8.47. The Kier molecular flexibility index (Phi) is 8.00. The van der Waals surface area contributed by atoms with E-state index in [4.69, 9.17) is 9.47 Å². The number of nitrogens with one attached hydrogen (secondary N) is 1. The molecule has 0 bridgehead atoms. The zero-order chi connectivity index (χ0) is 27.2. The van der Waals surface area contributed by atoms with E-state index in [9.17, 15) is 23.6 Å². The number of carbonyl (C=O) groups is 4. The molecule has 4 amide bonds. The van der Waals surface area contributed by atoms with Gasteiger partial charge in [-0.1, -0.05) is 12.1 Å². The molecule has 10 heteroatoms. The van der Waals surface area contributed by atoms with Gasteiger partial charge in [-0.15, -0.1) is 0 Å². The topological polar surface area (TPSA) is 105 Å². The Balaban J connectivity index is 1.54. The van der Waals surface area contributed by atoms with Crippen molar-refractivity contribution in [3.63, 3.8) is 0 Å². The highest BCUT2D eigenvalue weighted by Crippen LogP contribution is 2.29. The van der Waals surface area contributed by atoms with Gasteiger partial charge in [-0.2, -0.15) is 0 Å². The van der Waals surface area contributed by atoms with Crippen LogP contribution in [0.2, 0.25) is 0 Å². The van der Waals surface area contributed by atoms with E-state index < -0.39 is 35.7 Å². The van der Waals surface area contributed by atoms with Gasteiger partial charge in [0.25, 0.3) is 5.91 Å². The number of amides is 4. The van der Waals surface area contributed by atoms with Crippen molar-refractivity contribution in [2.75, 3.05) is 23.9 Å². The maximum atomic E-state index is 13.5. The first-order chi connectivity index (χ1) is 18.3. The molecule has 1 N–H and O–H groups in total. The number of carbonyl (C=O) groups excluding carboxylic acids is 4. The maximum absolute atomic E-state index is 13.5. The Hall–Kier alpha value is -4.73. The van der Waals surface area contributed by atoms with E-state index in [0.29, 0.717) is 17.0 Å². The highest BCUT2D eigenvalue weighted by atomic mass is 19.1. The van der Waals surface area contributed by atoms with Crippen LogP contribution in [0.4, 0.5) is 20.6 Å². The summed E-state index contributed by atoms with van der Waals surface area (Å²) < 4.78 is 23.6. The minimum Gasteiger partial charge on any atom is -0.497 e. The van der Waals surface area contributed by atoms with Crippen molar-refractivity contribution in [1.82, 2.24) is 4.90 Å². The molecular formula is C28H26FN3O6. The largest absolute Gasteiger partial charge is 0.497 e. The number of imide groups is 1. The number of urea groups is 1. The molecule has 0 aliphatic carbocycles. The van der Waals surface area contributed by atoms with Crippen molar-refractivity contribution in [1.29, 1.82) is 0 Å². The van der Waals surface area contributed by atoms with Gasteiger partial charge < -0.3 is 19.7 Å². The van der Waals surface area contributed by atoms with Gasteiger partial charge in [-0.05, 0) is 73.2 Å². The lowest BCUT2D eigenvalue weighted by Gasteiger charge is -2.22. The summed E-state index contributed by atoms with van der Waals surface area (Å²) in [6, 6.07) is 16.4. The van der Waals surface area contributed by atoms with E-state index in [0.717, 1.165) is 22.6 Å². The van der Waals surface area contributed by atoms with Crippen LogP contribution >= 0.6 is 0 Å². The molecule has 1 atom stereocenters. The molecule has 1 aliphatic heterocycles. The Morgan fingerprint density at radius 1 is 0.947 bits per heavy atom. The highest BCUT2D eigenvalue weighted by molar-refractivity contribution is 6.22. The van der Waals surface area contributed by atoms with E-state index in [2.05, 4.69) is 5.32 Å². The number of hydrogen-bond donors (Lipinski definition) is 1. The van der Waals surface area contributed by atoms with Gasteiger partial charge in [0, 0.05) is 12.2 Å². The predicted molar refractivity (Wildman–Crippen MR) is 137 cm³/mol. The molecule has 0 radical (unpaired) electrons. The summed E-state index contributed by atoms with van der Waals surface area (Å²) in [6.07, 6.45) is -0.307. The summed E-state index contributed by atoms with van der Waals surface area (Å²) >= 11 is 0. The lowest BCUT2D eigenvalue weighted by molar-refractivity contribution is -0.124. The molecule has 1 heterocycles. The zero-order valence-electron chi connectivity index (χ0n) is 20.8. The SMILES string of the molecule is CCOC(=O)c1ccc(NC(=O)C[C@H]2C(=O)N(c3ccc(F)cc3)C(=O)N2Cc2ccc(OC)cc2)cc1. The van der Waals surface area contributed by atoms with Gasteiger partial charge >= 0.3 is 12.0 Å². The van der Waals surface area contributed by atoms with Crippen LogP contribution in [0.3, 0.4) is 0 Å². The number of halogens is 1. The Morgan fingerprint density at radius 2 is 1.61 bits per heavy atom. The molecule has 0 saturated carbocycles. The fraction of sp³-hybridized carbons (Fsp3) is 0.214. The summed E-state index contributed by atoms with van der Waals surface area (Å²) in [7, 11) is 1.54. The number of esters is 1. The number of benzene rings is 3. The monoisotopic (exact) mass is 519 g/mol. The van der Waals surface area contributed by atoms with Crippen molar-refractivity contribution in [3.8, 4) is 5.75 Å². The lowest BCUT2D eigenvalue weighted by Crippen LogP contribution is -2.37. The third kappa shape index (κ3) is 5.80. The van der Waals surface area contributed by atoms with Crippen LogP contribution in [0.5, 0.6) is 5.75 Å². The van der Waals surface area contributed by atoms with Gasteiger partial charge in [0.1, 0.15) is 17.6 Å². The minimum absolute atomic E-state index is 0.0679. The number of nitrogens with zero attached hydrogens (tertiary/aromatic N) is 2. The number of rotatable bonds is 9. The quantitative estimate of drug-likeness (QED) is 0.332. The molecule has 0 spiro atoms. The number of anilines is 2. The predicted octanol–water partition coefficient (Wildman–Crippen LogP) is 4.38. The number of ether oxygens (including phenoxy) is 2.